The van der Waals surface area contributed by atoms with E-state index < -0.39 is 0 Å². The molecule has 18 heavy (non-hydrogen) atoms. The third kappa shape index (κ3) is 2.05. The zero-order valence-electron chi connectivity index (χ0n) is 10.1. The Morgan fingerprint density at radius 2 is 2.11 bits per heavy atom. The van der Waals surface area contributed by atoms with Gasteiger partial charge in [0.1, 0.15) is 5.52 Å². The lowest BCUT2D eigenvalue weighted by molar-refractivity contribution is 0.614. The van der Waals surface area contributed by atoms with Gasteiger partial charge in [-0.05, 0) is 36.2 Å². The number of hydrogen-bond acceptors (Lipinski definition) is 4. The zero-order valence-corrected chi connectivity index (χ0v) is 10.1. The van der Waals surface area contributed by atoms with Crippen LogP contribution in [-0.4, -0.2) is 9.97 Å². The van der Waals surface area contributed by atoms with Gasteiger partial charge in [-0.2, -0.15) is 4.98 Å². The van der Waals surface area contributed by atoms with E-state index in [1.54, 1.807) is 6.20 Å². The summed E-state index contributed by atoms with van der Waals surface area (Å²) in [4.78, 5) is 8.43. The monoisotopic (exact) mass is 239 g/mol. The van der Waals surface area contributed by atoms with E-state index in [-0.39, 0.29) is 0 Å². The third-order valence-electron chi connectivity index (χ3n) is 2.86. The summed E-state index contributed by atoms with van der Waals surface area (Å²) in [6, 6.07) is 10.3. The number of nitrogens with one attached hydrogen (secondary N) is 1. The highest BCUT2D eigenvalue weighted by Gasteiger charge is 2.04. The van der Waals surface area contributed by atoms with Crippen LogP contribution in [0.2, 0.25) is 0 Å². The fourth-order valence-corrected chi connectivity index (χ4v) is 1.82. The number of aromatic nitrogens is 2. The Labute approximate surface area is 105 Å². The van der Waals surface area contributed by atoms with Gasteiger partial charge in [0.15, 0.2) is 5.58 Å². The van der Waals surface area contributed by atoms with E-state index >= 15 is 0 Å². The SMILES string of the molecule is Cc1cnccc1CNc1nc2ccccc2o1. The Morgan fingerprint density at radius 3 is 2.94 bits per heavy atom. The molecule has 90 valence electrons. The third-order valence-corrected chi connectivity index (χ3v) is 2.86. The quantitative estimate of drug-likeness (QED) is 0.762. The van der Waals surface area contributed by atoms with E-state index in [1.807, 2.05) is 43.5 Å². The second kappa shape index (κ2) is 4.49. The number of anilines is 1. The molecule has 0 atom stereocenters. The van der Waals surface area contributed by atoms with Gasteiger partial charge < -0.3 is 9.73 Å². The van der Waals surface area contributed by atoms with Crippen molar-refractivity contribution in [3.05, 3.63) is 53.9 Å². The maximum absolute atomic E-state index is 5.59. The number of rotatable bonds is 3. The summed E-state index contributed by atoms with van der Waals surface area (Å²) in [5, 5.41) is 3.19. The summed E-state index contributed by atoms with van der Waals surface area (Å²) >= 11 is 0. The standard InChI is InChI=1S/C14H13N3O/c1-10-8-15-7-6-11(10)9-16-14-17-12-4-2-3-5-13(12)18-14/h2-8H,9H2,1H3,(H,16,17). The van der Waals surface area contributed by atoms with Gasteiger partial charge in [-0.3, -0.25) is 4.98 Å². The minimum Gasteiger partial charge on any atom is -0.424 e. The predicted molar refractivity (Wildman–Crippen MR) is 70.3 cm³/mol. The highest BCUT2D eigenvalue weighted by molar-refractivity contribution is 5.74. The Morgan fingerprint density at radius 1 is 1.22 bits per heavy atom. The zero-order chi connectivity index (χ0) is 12.4. The smallest absolute Gasteiger partial charge is 0.295 e. The summed E-state index contributed by atoms with van der Waals surface area (Å²) in [5.41, 5.74) is 4.01. The van der Waals surface area contributed by atoms with Crippen LogP contribution in [-0.2, 0) is 6.54 Å². The van der Waals surface area contributed by atoms with Gasteiger partial charge in [-0.25, -0.2) is 0 Å². The van der Waals surface area contributed by atoms with Crippen LogP contribution in [0.1, 0.15) is 11.1 Å². The average Bonchev–Trinajstić information content (AvgIpc) is 2.80. The van der Waals surface area contributed by atoms with Crippen LogP contribution in [0.5, 0.6) is 0 Å². The van der Waals surface area contributed by atoms with E-state index in [4.69, 9.17) is 4.42 Å². The van der Waals surface area contributed by atoms with Crippen molar-refractivity contribution >= 4 is 17.1 Å². The van der Waals surface area contributed by atoms with Gasteiger partial charge in [0, 0.05) is 18.9 Å². The second-order valence-electron chi connectivity index (χ2n) is 4.14. The van der Waals surface area contributed by atoms with Gasteiger partial charge >= 0.3 is 0 Å². The van der Waals surface area contributed by atoms with E-state index in [0.717, 1.165) is 16.7 Å². The second-order valence-corrected chi connectivity index (χ2v) is 4.14. The Hall–Kier alpha value is -2.36. The Balaban J connectivity index is 1.79. The molecule has 0 aliphatic rings. The molecule has 0 fully saturated rings. The van der Waals surface area contributed by atoms with E-state index in [2.05, 4.69) is 15.3 Å². The summed E-state index contributed by atoms with van der Waals surface area (Å²) < 4.78 is 5.59. The molecule has 3 rings (SSSR count). The number of nitrogens with zero attached hydrogens (tertiary/aromatic N) is 2. The van der Waals surface area contributed by atoms with Gasteiger partial charge in [0.2, 0.25) is 0 Å². The minimum atomic E-state index is 0.549. The maximum Gasteiger partial charge on any atom is 0.295 e. The van der Waals surface area contributed by atoms with Gasteiger partial charge in [-0.1, -0.05) is 12.1 Å². The van der Waals surface area contributed by atoms with Crippen molar-refractivity contribution in [1.82, 2.24) is 9.97 Å². The van der Waals surface area contributed by atoms with E-state index in [9.17, 15) is 0 Å². The first kappa shape index (κ1) is 10.8. The lowest BCUT2D eigenvalue weighted by atomic mass is 10.2. The molecule has 4 nitrogen and oxygen atoms in total. The van der Waals surface area contributed by atoms with Gasteiger partial charge in [0.05, 0.1) is 0 Å². The Bertz CT molecular complexity index is 642. The topological polar surface area (TPSA) is 51.0 Å². The molecule has 0 amide bonds. The first-order valence-electron chi connectivity index (χ1n) is 5.82. The van der Waals surface area contributed by atoms with Crippen LogP contribution in [0.4, 0.5) is 6.01 Å². The molecule has 0 unspecified atom stereocenters. The summed E-state index contributed by atoms with van der Waals surface area (Å²) in [5.74, 6) is 0. The van der Waals surface area contributed by atoms with Crippen LogP contribution in [0.25, 0.3) is 11.1 Å². The molecular formula is C14H13N3O. The fraction of sp³-hybridized carbons (Fsp3) is 0.143. The van der Waals surface area contributed by atoms with Gasteiger partial charge in [0.25, 0.3) is 6.01 Å². The molecular weight excluding hydrogens is 226 g/mol. The van der Waals surface area contributed by atoms with Crippen molar-refractivity contribution in [2.24, 2.45) is 0 Å². The molecule has 0 aliphatic carbocycles. The lowest BCUT2D eigenvalue weighted by Gasteiger charge is -2.04. The number of aryl methyl sites for hydroxylation is 1. The highest BCUT2D eigenvalue weighted by Crippen LogP contribution is 2.18. The molecule has 0 saturated carbocycles. The summed E-state index contributed by atoms with van der Waals surface area (Å²) in [7, 11) is 0. The number of hydrogen-bond donors (Lipinski definition) is 1. The fourth-order valence-electron chi connectivity index (χ4n) is 1.82. The molecule has 3 aromatic rings. The van der Waals surface area contributed by atoms with Crippen LogP contribution >= 0.6 is 0 Å². The molecule has 1 N–H and O–H groups in total. The number of benzene rings is 1. The van der Waals surface area contributed by atoms with E-state index in [1.165, 1.54) is 5.56 Å². The molecule has 1 aromatic carbocycles. The molecule has 4 heteroatoms. The largest absolute Gasteiger partial charge is 0.424 e. The van der Waals surface area contributed by atoms with Crippen molar-refractivity contribution in [2.75, 3.05) is 5.32 Å². The molecule has 0 aliphatic heterocycles. The van der Waals surface area contributed by atoms with Crippen molar-refractivity contribution in [2.45, 2.75) is 13.5 Å². The summed E-state index contributed by atoms with van der Waals surface area (Å²) in [6.07, 6.45) is 3.64. The number of oxazole rings is 1. The summed E-state index contributed by atoms with van der Waals surface area (Å²) in [6.45, 7) is 2.72. The van der Waals surface area contributed by atoms with Crippen molar-refractivity contribution < 1.29 is 4.42 Å². The lowest BCUT2D eigenvalue weighted by Crippen LogP contribution is -2.01. The number of fused-ring (bicyclic) bond motifs is 1. The van der Waals surface area contributed by atoms with Gasteiger partial charge in [-0.15, -0.1) is 0 Å². The van der Waals surface area contributed by atoms with E-state index in [0.29, 0.717) is 12.6 Å². The molecule has 0 spiro atoms. The molecule has 0 bridgehead atoms. The average molecular weight is 239 g/mol. The Kier molecular flexibility index (Phi) is 2.68. The van der Waals surface area contributed by atoms with Crippen molar-refractivity contribution in [1.29, 1.82) is 0 Å². The molecule has 2 aromatic heterocycles. The first-order valence-corrected chi connectivity index (χ1v) is 5.82. The van der Waals surface area contributed by atoms with Crippen LogP contribution < -0.4 is 5.32 Å². The van der Waals surface area contributed by atoms with Crippen LogP contribution in [0, 0.1) is 6.92 Å². The normalized spacial score (nSPS) is 10.7. The van der Waals surface area contributed by atoms with Crippen molar-refractivity contribution in [3.63, 3.8) is 0 Å². The van der Waals surface area contributed by atoms with Crippen LogP contribution in [0.3, 0.4) is 0 Å². The highest BCUT2D eigenvalue weighted by atomic mass is 16.4. The molecule has 0 radical (unpaired) electrons. The number of pyridine rings is 1. The number of para-hydroxylation sites is 2. The first-order chi connectivity index (χ1) is 8.83. The molecule has 2 heterocycles. The molecule has 0 saturated heterocycles. The van der Waals surface area contributed by atoms with Crippen LogP contribution in [0.15, 0.2) is 47.1 Å². The predicted octanol–water partition coefficient (Wildman–Crippen LogP) is 3.14. The maximum atomic E-state index is 5.59. The van der Waals surface area contributed by atoms with Crippen molar-refractivity contribution in [3.8, 4) is 0 Å². The minimum absolute atomic E-state index is 0.549.